The van der Waals surface area contributed by atoms with Crippen LogP contribution in [0, 0.1) is 0 Å². The van der Waals surface area contributed by atoms with Crippen molar-refractivity contribution >= 4 is 23.4 Å². The zero-order chi connectivity index (χ0) is 24.7. The van der Waals surface area contributed by atoms with Crippen LogP contribution in [0.3, 0.4) is 0 Å². The molecule has 0 aliphatic carbocycles. The Morgan fingerprint density at radius 2 is 1.88 bits per heavy atom. The van der Waals surface area contributed by atoms with Crippen LogP contribution in [0.2, 0.25) is 5.02 Å². The maximum Gasteiger partial charge on any atom is 0.416 e. The molecule has 13 heteroatoms. The fourth-order valence-corrected chi connectivity index (χ4v) is 2.87. The first-order valence-corrected chi connectivity index (χ1v) is 10.1. The Kier molecular flexibility index (Phi) is 7.95. The summed E-state index contributed by atoms with van der Waals surface area (Å²) in [5.74, 6) is -1.12. The van der Waals surface area contributed by atoms with E-state index in [2.05, 4.69) is 20.8 Å². The number of nitrogens with one attached hydrogen (secondary N) is 2. The Bertz CT molecular complexity index is 1170. The van der Waals surface area contributed by atoms with Crippen LogP contribution >= 0.6 is 11.6 Å². The third-order valence-corrected chi connectivity index (χ3v) is 4.52. The van der Waals surface area contributed by atoms with E-state index in [1.54, 1.807) is 18.2 Å². The fraction of sp³-hybridized carbons (Fsp3) is 0.238. The Balaban J connectivity index is 1.44. The monoisotopic (exact) mass is 498 g/mol. The molecule has 0 bridgehead atoms. The van der Waals surface area contributed by atoms with Gasteiger partial charge in [-0.1, -0.05) is 22.8 Å². The van der Waals surface area contributed by atoms with Gasteiger partial charge in [0.2, 0.25) is 5.82 Å². The number of carbonyl (C=O) groups excluding carboxylic acids is 2. The molecular formula is C21H18ClF3N4O5. The van der Waals surface area contributed by atoms with Crippen molar-refractivity contribution in [2.45, 2.75) is 6.18 Å². The number of halogens is 4. The highest BCUT2D eigenvalue weighted by Gasteiger charge is 2.30. The SMILES string of the molecule is COc1ccc(Cl)cc1-c1noc(C(=O)NCCNC(=O)COc2cccc(C(F)(F)F)c2)n1. The highest BCUT2D eigenvalue weighted by atomic mass is 35.5. The molecule has 0 atom stereocenters. The quantitative estimate of drug-likeness (QED) is 0.435. The van der Waals surface area contributed by atoms with Gasteiger partial charge in [0.25, 0.3) is 5.91 Å². The van der Waals surface area contributed by atoms with Crippen LogP contribution in [0.25, 0.3) is 11.4 Å². The van der Waals surface area contributed by atoms with Crippen molar-refractivity contribution in [1.29, 1.82) is 0 Å². The van der Waals surface area contributed by atoms with Crippen molar-refractivity contribution in [2.24, 2.45) is 0 Å². The number of alkyl halides is 3. The summed E-state index contributed by atoms with van der Waals surface area (Å²) in [4.78, 5) is 28.0. The average molecular weight is 499 g/mol. The third kappa shape index (κ3) is 6.61. The normalized spacial score (nSPS) is 11.1. The molecule has 3 rings (SSSR count). The predicted octanol–water partition coefficient (Wildman–Crippen LogP) is 3.34. The van der Waals surface area contributed by atoms with Gasteiger partial charge in [-0.3, -0.25) is 9.59 Å². The molecule has 0 radical (unpaired) electrons. The Hall–Kier alpha value is -3.80. The summed E-state index contributed by atoms with van der Waals surface area (Å²) < 4.78 is 53.4. The van der Waals surface area contributed by atoms with E-state index in [0.29, 0.717) is 16.3 Å². The lowest BCUT2D eigenvalue weighted by molar-refractivity contribution is -0.137. The number of hydrogen-bond acceptors (Lipinski definition) is 7. The van der Waals surface area contributed by atoms with E-state index >= 15 is 0 Å². The maximum atomic E-state index is 12.7. The summed E-state index contributed by atoms with van der Waals surface area (Å²) in [6, 6.07) is 8.98. The second-order valence-corrected chi connectivity index (χ2v) is 7.12. The van der Waals surface area contributed by atoms with Gasteiger partial charge in [-0.15, -0.1) is 0 Å². The molecule has 2 amide bonds. The molecule has 2 N–H and O–H groups in total. The number of carbonyl (C=O) groups is 2. The van der Waals surface area contributed by atoms with Crippen LogP contribution in [0.15, 0.2) is 47.0 Å². The van der Waals surface area contributed by atoms with Gasteiger partial charge in [0.05, 0.1) is 18.2 Å². The van der Waals surface area contributed by atoms with Gasteiger partial charge in [-0.05, 0) is 36.4 Å². The van der Waals surface area contributed by atoms with E-state index in [1.165, 1.54) is 19.2 Å². The number of nitrogens with zero attached hydrogens (tertiary/aromatic N) is 2. The number of ether oxygens (including phenoxy) is 2. The molecule has 0 unspecified atom stereocenters. The van der Waals surface area contributed by atoms with Crippen molar-refractivity contribution in [3.63, 3.8) is 0 Å². The molecule has 0 saturated heterocycles. The fourth-order valence-electron chi connectivity index (χ4n) is 2.70. The van der Waals surface area contributed by atoms with Gasteiger partial charge in [-0.25, -0.2) is 0 Å². The lowest BCUT2D eigenvalue weighted by atomic mass is 10.2. The average Bonchev–Trinajstić information content (AvgIpc) is 3.30. The highest BCUT2D eigenvalue weighted by molar-refractivity contribution is 6.30. The lowest BCUT2D eigenvalue weighted by Gasteiger charge is -2.10. The Labute approximate surface area is 196 Å². The summed E-state index contributed by atoms with van der Waals surface area (Å²) in [6.45, 7) is -0.449. The standard InChI is InChI=1S/C21H18ClF3N4O5/c1-32-16-6-5-13(22)10-15(16)18-28-20(34-29-18)19(31)27-8-7-26-17(30)11-33-14-4-2-3-12(9-14)21(23,24)25/h2-6,9-10H,7-8,11H2,1H3,(H,26,30)(H,27,31). The smallest absolute Gasteiger partial charge is 0.416 e. The largest absolute Gasteiger partial charge is 0.496 e. The molecular weight excluding hydrogens is 481 g/mol. The topological polar surface area (TPSA) is 116 Å². The molecule has 2 aromatic carbocycles. The lowest BCUT2D eigenvalue weighted by Crippen LogP contribution is -2.36. The molecule has 1 heterocycles. The van der Waals surface area contributed by atoms with E-state index in [-0.39, 0.29) is 30.6 Å². The van der Waals surface area contributed by atoms with E-state index in [9.17, 15) is 22.8 Å². The minimum atomic E-state index is -4.51. The van der Waals surface area contributed by atoms with Crippen LogP contribution < -0.4 is 20.1 Å². The molecule has 9 nitrogen and oxygen atoms in total. The van der Waals surface area contributed by atoms with Gasteiger partial charge in [-0.2, -0.15) is 18.2 Å². The van der Waals surface area contributed by atoms with Crippen molar-refractivity contribution < 1.29 is 36.8 Å². The van der Waals surface area contributed by atoms with E-state index in [4.69, 9.17) is 25.6 Å². The second-order valence-electron chi connectivity index (χ2n) is 6.69. The molecule has 0 aliphatic rings. The van der Waals surface area contributed by atoms with Crippen LogP contribution in [0.1, 0.15) is 16.2 Å². The van der Waals surface area contributed by atoms with Gasteiger partial charge >= 0.3 is 18.0 Å². The number of amides is 2. The zero-order valence-electron chi connectivity index (χ0n) is 17.6. The van der Waals surface area contributed by atoms with Crippen molar-refractivity contribution in [3.05, 3.63) is 58.9 Å². The second kappa shape index (κ2) is 10.9. The summed E-state index contributed by atoms with van der Waals surface area (Å²) >= 11 is 5.98. The number of benzene rings is 2. The molecule has 0 aliphatic heterocycles. The van der Waals surface area contributed by atoms with Gasteiger partial charge in [0.15, 0.2) is 6.61 Å². The van der Waals surface area contributed by atoms with Crippen LogP contribution in [0.5, 0.6) is 11.5 Å². The first-order chi connectivity index (χ1) is 16.2. The van der Waals surface area contributed by atoms with Crippen molar-refractivity contribution in [1.82, 2.24) is 20.8 Å². The number of hydrogen-bond donors (Lipinski definition) is 2. The number of aromatic nitrogens is 2. The minimum absolute atomic E-state index is 0.0202. The third-order valence-electron chi connectivity index (χ3n) is 4.29. The van der Waals surface area contributed by atoms with Gasteiger partial charge < -0.3 is 24.6 Å². The van der Waals surface area contributed by atoms with E-state index in [0.717, 1.165) is 12.1 Å². The molecule has 3 aromatic rings. The maximum absolute atomic E-state index is 12.7. The predicted molar refractivity (Wildman–Crippen MR) is 114 cm³/mol. The van der Waals surface area contributed by atoms with Crippen molar-refractivity contribution in [3.8, 4) is 22.9 Å². The van der Waals surface area contributed by atoms with Crippen LogP contribution in [-0.2, 0) is 11.0 Å². The zero-order valence-corrected chi connectivity index (χ0v) is 18.4. The highest BCUT2D eigenvalue weighted by Crippen LogP contribution is 2.31. The van der Waals surface area contributed by atoms with Gasteiger partial charge in [0, 0.05) is 18.1 Å². The Morgan fingerprint density at radius 3 is 2.62 bits per heavy atom. The van der Waals surface area contributed by atoms with E-state index < -0.39 is 30.2 Å². The first kappa shape index (κ1) is 24.8. The summed E-state index contributed by atoms with van der Waals surface area (Å²) in [6.07, 6.45) is -4.51. The minimum Gasteiger partial charge on any atom is -0.496 e. The number of rotatable bonds is 9. The molecule has 0 saturated carbocycles. The molecule has 34 heavy (non-hydrogen) atoms. The number of methoxy groups -OCH3 is 1. The first-order valence-electron chi connectivity index (χ1n) is 9.70. The van der Waals surface area contributed by atoms with E-state index in [1.807, 2.05) is 0 Å². The molecule has 1 aromatic heterocycles. The summed E-state index contributed by atoms with van der Waals surface area (Å²) in [7, 11) is 1.46. The van der Waals surface area contributed by atoms with Crippen molar-refractivity contribution in [2.75, 3.05) is 26.8 Å². The summed E-state index contributed by atoms with van der Waals surface area (Å²) in [5.41, 5.74) is -0.447. The Morgan fingerprint density at radius 1 is 1.12 bits per heavy atom. The molecule has 180 valence electrons. The van der Waals surface area contributed by atoms with Gasteiger partial charge in [0.1, 0.15) is 11.5 Å². The van der Waals surface area contributed by atoms with Crippen LogP contribution in [-0.4, -0.2) is 48.8 Å². The molecule has 0 fully saturated rings. The van der Waals surface area contributed by atoms with Crippen LogP contribution in [0.4, 0.5) is 13.2 Å². The molecule has 0 spiro atoms. The summed E-state index contributed by atoms with van der Waals surface area (Å²) in [5, 5.41) is 9.10.